The number of fused-ring (bicyclic) bond motifs is 3. The molecule has 1 aromatic heterocycles. The summed E-state index contributed by atoms with van der Waals surface area (Å²) in [6.07, 6.45) is 4.50. The second-order valence-corrected chi connectivity index (χ2v) is 17.4. The van der Waals surface area contributed by atoms with Crippen LogP contribution in [-0.2, 0) is 5.41 Å². The Bertz CT molecular complexity index is 3320. The van der Waals surface area contributed by atoms with Gasteiger partial charge in [0, 0.05) is 42.5 Å². The molecule has 1 heterocycles. The molecule has 1 aliphatic rings. The van der Waals surface area contributed by atoms with Gasteiger partial charge < -0.3 is 4.90 Å². The van der Waals surface area contributed by atoms with Gasteiger partial charge in [0.15, 0.2) is 0 Å². The van der Waals surface area contributed by atoms with Crippen molar-refractivity contribution in [1.29, 1.82) is 0 Å². The maximum absolute atomic E-state index is 17.1. The monoisotopic (exact) mass is 777 g/mol. The van der Waals surface area contributed by atoms with E-state index >= 15 is 4.39 Å². The molecule has 3 heteroatoms. The standard InChI is InChI=1S/C56H40FNS/c1-35-13-10-11-20-50(35)58(55-46(39-16-8-5-9-17-39)32-42(33-49(55)57)38-14-6-4-7-15-38)43-26-28-45-44-27-23-36(31-51(44)59-52(45)34-43)21-22-37-29-41-25-24-40-18-12-19-47-53(40)54(41)48(30-37)56(47,2)3/h4-34H,1-3H3/b22-21+. The van der Waals surface area contributed by atoms with E-state index in [2.05, 4.69) is 147 Å². The van der Waals surface area contributed by atoms with Crippen molar-refractivity contribution in [3.05, 3.63) is 210 Å². The van der Waals surface area contributed by atoms with Crippen molar-refractivity contribution in [3.63, 3.8) is 0 Å². The van der Waals surface area contributed by atoms with Crippen LogP contribution in [0.3, 0.4) is 0 Å². The first-order valence-electron chi connectivity index (χ1n) is 20.3. The fourth-order valence-electron chi connectivity index (χ4n) is 9.40. The average Bonchev–Trinajstić information content (AvgIpc) is 3.75. The first kappa shape index (κ1) is 35.4. The number of halogens is 1. The maximum atomic E-state index is 17.1. The van der Waals surface area contributed by atoms with Crippen molar-refractivity contribution < 1.29 is 4.39 Å². The highest BCUT2D eigenvalue weighted by atomic mass is 32.1. The van der Waals surface area contributed by atoms with Gasteiger partial charge in [-0.25, -0.2) is 4.39 Å². The van der Waals surface area contributed by atoms with Crippen LogP contribution in [0.15, 0.2) is 176 Å². The van der Waals surface area contributed by atoms with E-state index in [4.69, 9.17) is 0 Å². The smallest absolute Gasteiger partial charge is 0.148 e. The molecule has 282 valence electrons. The number of benzene rings is 9. The van der Waals surface area contributed by atoms with Crippen molar-refractivity contribution in [3.8, 4) is 22.3 Å². The highest BCUT2D eigenvalue weighted by Crippen LogP contribution is 2.50. The Morgan fingerprint density at radius 3 is 2.00 bits per heavy atom. The molecule has 0 saturated heterocycles. The molecule has 1 nitrogen and oxygen atoms in total. The Kier molecular flexibility index (Phi) is 8.18. The predicted molar refractivity (Wildman–Crippen MR) is 252 cm³/mol. The van der Waals surface area contributed by atoms with E-state index in [1.54, 1.807) is 17.4 Å². The summed E-state index contributed by atoms with van der Waals surface area (Å²) < 4.78 is 19.5. The molecule has 0 amide bonds. The van der Waals surface area contributed by atoms with Crippen molar-refractivity contribution in [2.24, 2.45) is 0 Å². The third kappa shape index (κ3) is 5.80. The van der Waals surface area contributed by atoms with Crippen LogP contribution >= 0.6 is 11.3 Å². The number of para-hydroxylation sites is 1. The molecule has 0 bridgehead atoms. The summed E-state index contributed by atoms with van der Waals surface area (Å²) in [5.74, 6) is -0.275. The van der Waals surface area contributed by atoms with E-state index in [0.29, 0.717) is 5.69 Å². The molecule has 0 unspecified atom stereocenters. The molecule has 59 heavy (non-hydrogen) atoms. The normalized spacial score (nSPS) is 13.2. The molecule has 0 saturated carbocycles. The summed E-state index contributed by atoms with van der Waals surface area (Å²) in [5.41, 5.74) is 12.2. The van der Waals surface area contributed by atoms with Crippen LogP contribution in [0.5, 0.6) is 0 Å². The Labute approximate surface area is 348 Å². The molecule has 0 spiro atoms. The minimum Gasteiger partial charge on any atom is -0.307 e. The summed E-state index contributed by atoms with van der Waals surface area (Å²) in [7, 11) is 0. The summed E-state index contributed by atoms with van der Waals surface area (Å²) in [6.45, 7) is 6.80. The number of aryl methyl sites for hydroxylation is 1. The lowest BCUT2D eigenvalue weighted by Gasteiger charge is -2.30. The zero-order chi connectivity index (χ0) is 39.8. The van der Waals surface area contributed by atoms with Crippen LogP contribution in [0.25, 0.3) is 76.1 Å². The molecular weight excluding hydrogens is 738 g/mol. The second kappa shape index (κ2) is 13.7. The number of hydrogen-bond acceptors (Lipinski definition) is 2. The average molecular weight is 778 g/mol. The third-order valence-corrected chi connectivity index (χ3v) is 13.5. The fraction of sp³-hybridized carbons (Fsp3) is 0.0714. The quantitative estimate of drug-likeness (QED) is 0.115. The van der Waals surface area contributed by atoms with Gasteiger partial charge in [0.1, 0.15) is 5.82 Å². The van der Waals surface area contributed by atoms with Crippen molar-refractivity contribution >= 4 is 82.3 Å². The van der Waals surface area contributed by atoms with E-state index < -0.39 is 0 Å². The third-order valence-electron chi connectivity index (χ3n) is 12.4. The fourth-order valence-corrected chi connectivity index (χ4v) is 10.6. The van der Waals surface area contributed by atoms with E-state index in [0.717, 1.165) is 49.5 Å². The molecule has 9 aromatic carbocycles. The minimum atomic E-state index is -0.275. The molecule has 11 rings (SSSR count). The number of nitrogens with zero attached hydrogens (tertiary/aromatic N) is 1. The molecule has 0 fully saturated rings. The first-order chi connectivity index (χ1) is 28.8. The molecule has 0 radical (unpaired) electrons. The number of hydrogen-bond donors (Lipinski definition) is 0. The van der Waals surface area contributed by atoms with E-state index in [1.165, 1.54) is 53.7 Å². The van der Waals surface area contributed by atoms with Crippen LogP contribution in [0.1, 0.15) is 41.7 Å². The summed E-state index contributed by atoms with van der Waals surface area (Å²) >= 11 is 1.79. The van der Waals surface area contributed by atoms with Gasteiger partial charge in [0.05, 0.1) is 5.69 Å². The molecule has 1 aliphatic carbocycles. The van der Waals surface area contributed by atoms with E-state index in [9.17, 15) is 0 Å². The van der Waals surface area contributed by atoms with Crippen molar-refractivity contribution in [1.82, 2.24) is 0 Å². The first-order valence-corrected chi connectivity index (χ1v) is 21.1. The number of thiophene rings is 1. The lowest BCUT2D eigenvalue weighted by molar-refractivity contribution is 0.629. The largest absolute Gasteiger partial charge is 0.307 e. The summed E-state index contributed by atoms with van der Waals surface area (Å²) in [5, 5.41) is 7.84. The van der Waals surface area contributed by atoms with Crippen LogP contribution in [0.2, 0.25) is 0 Å². The van der Waals surface area contributed by atoms with Gasteiger partial charge >= 0.3 is 0 Å². The van der Waals surface area contributed by atoms with Crippen molar-refractivity contribution in [2.45, 2.75) is 26.2 Å². The van der Waals surface area contributed by atoms with Gasteiger partial charge in [-0.2, -0.15) is 0 Å². The van der Waals surface area contributed by atoms with E-state index in [-0.39, 0.29) is 11.2 Å². The minimum absolute atomic E-state index is 0.0462. The van der Waals surface area contributed by atoms with Gasteiger partial charge in [0.25, 0.3) is 0 Å². The van der Waals surface area contributed by atoms with E-state index in [1.807, 2.05) is 60.7 Å². The Morgan fingerprint density at radius 2 is 1.20 bits per heavy atom. The maximum Gasteiger partial charge on any atom is 0.148 e. The zero-order valence-corrected chi connectivity index (χ0v) is 33.9. The summed E-state index contributed by atoms with van der Waals surface area (Å²) in [6, 6.07) is 61.6. The van der Waals surface area contributed by atoms with Gasteiger partial charge in [-0.1, -0.05) is 159 Å². The van der Waals surface area contributed by atoms with Gasteiger partial charge in [-0.05, 0) is 115 Å². The van der Waals surface area contributed by atoms with Crippen LogP contribution in [0, 0.1) is 12.7 Å². The SMILES string of the molecule is Cc1ccccc1N(c1ccc2c(c1)sc1cc(/C=C/c3cc4c5c(ccc6cccc(c65)C4(C)C)c3)ccc12)c1c(F)cc(-c2ccccc2)cc1-c1ccccc1. The summed E-state index contributed by atoms with van der Waals surface area (Å²) in [4.78, 5) is 2.11. The highest BCUT2D eigenvalue weighted by molar-refractivity contribution is 7.25. The van der Waals surface area contributed by atoms with Crippen LogP contribution < -0.4 is 4.90 Å². The second-order valence-electron chi connectivity index (χ2n) is 16.3. The van der Waals surface area contributed by atoms with Crippen LogP contribution in [-0.4, -0.2) is 0 Å². The molecular formula is C56H40FNS. The Balaban J connectivity index is 1.01. The lowest BCUT2D eigenvalue weighted by atomic mass is 9.81. The van der Waals surface area contributed by atoms with Gasteiger partial charge in [-0.15, -0.1) is 11.3 Å². The zero-order valence-electron chi connectivity index (χ0n) is 33.1. The molecule has 0 N–H and O–H groups in total. The van der Waals surface area contributed by atoms with Crippen molar-refractivity contribution in [2.75, 3.05) is 4.90 Å². The molecule has 0 aliphatic heterocycles. The molecule has 0 atom stereocenters. The number of anilines is 3. The van der Waals surface area contributed by atoms with Gasteiger partial charge in [-0.3, -0.25) is 0 Å². The topological polar surface area (TPSA) is 3.24 Å². The molecule has 10 aromatic rings. The Hall–Kier alpha value is -6.81. The lowest BCUT2D eigenvalue weighted by Crippen LogP contribution is -2.15. The van der Waals surface area contributed by atoms with Crippen LogP contribution in [0.4, 0.5) is 21.5 Å². The highest BCUT2D eigenvalue weighted by Gasteiger charge is 2.34. The predicted octanol–water partition coefficient (Wildman–Crippen LogP) is 16.4. The number of rotatable bonds is 7. The Morgan fingerprint density at radius 1 is 0.525 bits per heavy atom. The van der Waals surface area contributed by atoms with Gasteiger partial charge in [0.2, 0.25) is 0 Å².